The zero-order valence-electron chi connectivity index (χ0n) is 7.69. The lowest BCUT2D eigenvalue weighted by atomic mass is 10.2. The number of hydrogen-bond acceptors (Lipinski definition) is 4. The van der Waals surface area contributed by atoms with E-state index in [9.17, 15) is 9.59 Å². The quantitative estimate of drug-likeness (QED) is 0.718. The summed E-state index contributed by atoms with van der Waals surface area (Å²) in [6.45, 7) is 0. The molecule has 2 aromatic rings. The molecule has 0 unspecified atom stereocenters. The Morgan fingerprint density at radius 3 is 2.80 bits per heavy atom. The zero-order chi connectivity index (χ0) is 11.0. The number of benzene rings is 1. The molecule has 0 amide bonds. The van der Waals surface area contributed by atoms with E-state index in [4.69, 9.17) is 16.0 Å². The summed E-state index contributed by atoms with van der Waals surface area (Å²) < 4.78 is 5.37. The van der Waals surface area contributed by atoms with E-state index < -0.39 is 11.3 Å². The van der Waals surface area contributed by atoms with Crippen molar-refractivity contribution in [2.24, 2.45) is 0 Å². The van der Waals surface area contributed by atoms with Crippen LogP contribution in [0.3, 0.4) is 0 Å². The highest BCUT2D eigenvalue weighted by atomic mass is 35.5. The van der Waals surface area contributed by atoms with Crippen LogP contribution in [-0.2, 0) is 0 Å². The lowest BCUT2D eigenvalue weighted by Crippen LogP contribution is -2.36. The minimum absolute atomic E-state index is 0.183. The maximum absolute atomic E-state index is 11.7. The summed E-state index contributed by atoms with van der Waals surface area (Å²) >= 11 is 5.72. The van der Waals surface area contributed by atoms with Crippen molar-refractivity contribution < 1.29 is 9.25 Å². The molecule has 15 heavy (non-hydrogen) atoms. The maximum atomic E-state index is 11.7. The van der Waals surface area contributed by atoms with Gasteiger partial charge in [0.25, 0.3) is 0 Å². The van der Waals surface area contributed by atoms with Gasteiger partial charge in [-0.25, -0.2) is 4.79 Å². The third-order valence-corrected chi connectivity index (χ3v) is 2.14. The molecule has 5 nitrogen and oxygen atoms in total. The average Bonchev–Trinajstić information content (AvgIpc) is 2.20. The second-order valence-corrected chi connectivity index (χ2v) is 3.23. The second-order valence-electron chi connectivity index (χ2n) is 2.79. The van der Waals surface area contributed by atoms with Crippen LogP contribution in [0.5, 0.6) is 0 Å². The molecule has 0 bridgehead atoms. The van der Waals surface area contributed by atoms with Crippen molar-refractivity contribution >= 4 is 22.6 Å². The Hall–Kier alpha value is -1.75. The zero-order valence-corrected chi connectivity index (χ0v) is 8.45. The summed E-state index contributed by atoms with van der Waals surface area (Å²) in [5.41, 5.74) is -0.408. The summed E-state index contributed by atoms with van der Waals surface area (Å²) in [5, 5.41) is 0.583. The minimum atomic E-state index is -0.864. The number of rotatable bonds is 1. The number of nitrogens with zero attached hydrogens (tertiary/aromatic N) is 1. The SMILES string of the molecule is COn1c(=O)oc2ccc(Cl)cc2c1=O. The van der Waals surface area contributed by atoms with Gasteiger partial charge in [0.15, 0.2) is 0 Å². The van der Waals surface area contributed by atoms with Crippen molar-refractivity contribution in [1.29, 1.82) is 0 Å². The first-order valence-corrected chi connectivity index (χ1v) is 4.41. The first-order chi connectivity index (χ1) is 7.13. The topological polar surface area (TPSA) is 61.4 Å². The molecule has 0 spiro atoms. The van der Waals surface area contributed by atoms with Crippen molar-refractivity contribution in [3.63, 3.8) is 0 Å². The molecule has 0 aliphatic heterocycles. The molecule has 2 rings (SSSR count). The van der Waals surface area contributed by atoms with E-state index in [1.54, 1.807) is 0 Å². The average molecular weight is 228 g/mol. The van der Waals surface area contributed by atoms with Crippen molar-refractivity contribution in [2.75, 3.05) is 7.11 Å². The highest BCUT2D eigenvalue weighted by Gasteiger charge is 2.09. The van der Waals surface area contributed by atoms with Gasteiger partial charge in [-0.05, 0) is 18.2 Å². The van der Waals surface area contributed by atoms with Crippen LogP contribution in [-0.4, -0.2) is 11.8 Å². The fraction of sp³-hybridized carbons (Fsp3) is 0.111. The molecular formula is C9H6ClNO4. The van der Waals surface area contributed by atoms with Gasteiger partial charge in [0.05, 0.1) is 5.39 Å². The Kier molecular flexibility index (Phi) is 2.24. The molecule has 0 aliphatic carbocycles. The summed E-state index contributed by atoms with van der Waals surface area (Å²) in [4.78, 5) is 27.4. The van der Waals surface area contributed by atoms with Crippen molar-refractivity contribution in [3.8, 4) is 0 Å². The van der Waals surface area contributed by atoms with Gasteiger partial charge in [0.1, 0.15) is 12.7 Å². The largest absolute Gasteiger partial charge is 0.456 e. The lowest BCUT2D eigenvalue weighted by molar-refractivity contribution is 0.127. The third-order valence-electron chi connectivity index (χ3n) is 1.90. The molecule has 6 heteroatoms. The van der Waals surface area contributed by atoms with Gasteiger partial charge < -0.3 is 9.25 Å². The molecule has 0 fully saturated rings. The molecule has 0 saturated heterocycles. The van der Waals surface area contributed by atoms with Crippen LogP contribution < -0.4 is 16.2 Å². The van der Waals surface area contributed by atoms with Crippen LogP contribution in [0.2, 0.25) is 5.02 Å². The molecule has 0 saturated carbocycles. The van der Waals surface area contributed by atoms with E-state index in [1.165, 1.54) is 25.3 Å². The second kappa shape index (κ2) is 3.43. The summed E-state index contributed by atoms with van der Waals surface area (Å²) in [5.74, 6) is -0.864. The molecule has 78 valence electrons. The van der Waals surface area contributed by atoms with Crippen molar-refractivity contribution in [2.45, 2.75) is 0 Å². The normalized spacial score (nSPS) is 10.5. The number of halogens is 1. The standard InChI is InChI=1S/C9H6ClNO4/c1-14-11-8(12)6-4-5(10)2-3-7(6)15-9(11)13/h2-4H,1H3. The Balaban J connectivity index is 2.99. The van der Waals surface area contributed by atoms with Gasteiger partial charge in [-0.3, -0.25) is 4.79 Å². The number of hydrogen-bond donors (Lipinski definition) is 0. The monoisotopic (exact) mass is 227 g/mol. The number of fused-ring (bicyclic) bond motifs is 1. The fourth-order valence-corrected chi connectivity index (χ4v) is 1.42. The highest BCUT2D eigenvalue weighted by Crippen LogP contribution is 2.14. The van der Waals surface area contributed by atoms with Crippen LogP contribution in [0.4, 0.5) is 0 Å². The molecule has 0 radical (unpaired) electrons. The van der Waals surface area contributed by atoms with Gasteiger partial charge in [0, 0.05) is 5.02 Å². The van der Waals surface area contributed by atoms with Gasteiger partial charge in [0.2, 0.25) is 0 Å². The van der Waals surface area contributed by atoms with E-state index in [0.29, 0.717) is 9.75 Å². The Morgan fingerprint density at radius 2 is 2.13 bits per heavy atom. The molecule has 0 aliphatic rings. The van der Waals surface area contributed by atoms with Crippen LogP contribution in [0, 0.1) is 0 Å². The molecule has 0 N–H and O–H groups in total. The smallest absolute Gasteiger partial charge is 0.408 e. The van der Waals surface area contributed by atoms with E-state index in [-0.39, 0.29) is 11.0 Å². The summed E-state index contributed by atoms with van der Waals surface area (Å²) in [6, 6.07) is 4.40. The van der Waals surface area contributed by atoms with Crippen LogP contribution in [0.15, 0.2) is 32.2 Å². The molecule has 0 atom stereocenters. The van der Waals surface area contributed by atoms with Crippen molar-refractivity contribution in [1.82, 2.24) is 4.73 Å². The van der Waals surface area contributed by atoms with Gasteiger partial charge >= 0.3 is 11.3 Å². The summed E-state index contributed by atoms with van der Waals surface area (Å²) in [7, 11) is 1.20. The van der Waals surface area contributed by atoms with Crippen LogP contribution in [0.1, 0.15) is 0 Å². The van der Waals surface area contributed by atoms with E-state index in [2.05, 4.69) is 4.84 Å². The van der Waals surface area contributed by atoms with Gasteiger partial charge in [-0.15, -0.1) is 0 Å². The van der Waals surface area contributed by atoms with Gasteiger partial charge in [-0.2, -0.15) is 0 Å². The Morgan fingerprint density at radius 1 is 1.40 bits per heavy atom. The molecule has 1 aromatic carbocycles. The minimum Gasteiger partial charge on any atom is -0.408 e. The molecular weight excluding hydrogens is 222 g/mol. The number of aromatic nitrogens is 1. The Labute approximate surface area is 88.4 Å². The highest BCUT2D eigenvalue weighted by molar-refractivity contribution is 6.31. The van der Waals surface area contributed by atoms with Crippen LogP contribution in [0.25, 0.3) is 11.0 Å². The van der Waals surface area contributed by atoms with E-state index >= 15 is 0 Å². The summed E-state index contributed by atoms with van der Waals surface area (Å²) in [6.07, 6.45) is 0. The molecule has 1 aromatic heterocycles. The van der Waals surface area contributed by atoms with Gasteiger partial charge in [-0.1, -0.05) is 16.3 Å². The van der Waals surface area contributed by atoms with Crippen LogP contribution >= 0.6 is 11.6 Å². The Bertz CT molecular complexity index is 628. The predicted molar refractivity (Wildman–Crippen MR) is 54.3 cm³/mol. The van der Waals surface area contributed by atoms with E-state index in [1.807, 2.05) is 0 Å². The molecule has 1 heterocycles. The predicted octanol–water partition coefficient (Wildman–Crippen LogP) is 0.666. The van der Waals surface area contributed by atoms with Crippen molar-refractivity contribution in [3.05, 3.63) is 44.1 Å². The maximum Gasteiger partial charge on any atom is 0.456 e. The first kappa shape index (κ1) is 9.79. The van der Waals surface area contributed by atoms with E-state index in [0.717, 1.165) is 0 Å². The third kappa shape index (κ3) is 1.50. The fourth-order valence-electron chi connectivity index (χ4n) is 1.24. The lowest BCUT2D eigenvalue weighted by Gasteiger charge is -2.02. The first-order valence-electron chi connectivity index (χ1n) is 4.03.